The summed E-state index contributed by atoms with van der Waals surface area (Å²) >= 11 is 13.2. The number of rotatable bonds is 11. The minimum Gasteiger partial charge on any atom is -0.497 e. The van der Waals surface area contributed by atoms with E-state index in [0.717, 1.165) is 49.6 Å². The van der Waals surface area contributed by atoms with Crippen LogP contribution in [0.25, 0.3) is 0 Å². The average molecular weight is 678 g/mol. The summed E-state index contributed by atoms with van der Waals surface area (Å²) in [5, 5.41) is 7.25. The lowest BCUT2D eigenvalue weighted by molar-refractivity contribution is 0.103. The summed E-state index contributed by atoms with van der Waals surface area (Å²) in [6.07, 6.45) is 5.00. The lowest BCUT2D eigenvalue weighted by Gasteiger charge is -2.43. The van der Waals surface area contributed by atoms with Crippen LogP contribution in [-0.2, 0) is 11.3 Å². The summed E-state index contributed by atoms with van der Waals surface area (Å²) in [6, 6.07) is 17.8. The van der Waals surface area contributed by atoms with Gasteiger partial charge in [-0.25, -0.2) is 15.0 Å². The number of nitrogens with zero attached hydrogens (tertiary/aromatic N) is 4. The zero-order valence-corrected chi connectivity index (χ0v) is 28.1. The standard InChI is InChI=1S/C35H38Cl2N6O4/c1-22(24-6-10-26(46-3)11-7-24)41-28-20-47-21-35(28)13-16-43(17-14-35)29-19-39-31(33(37)42-29)32(44)27-12-15-38-34(30(27)36)40-18-23-4-8-25(45-2)9-5-23/h4-12,15,19,22,28,41H,13-14,16-18,20-21H2,1-3H3,(H,38,40)/t22-,28-/m1/s1. The molecule has 2 N–H and O–H groups in total. The fourth-order valence-corrected chi connectivity index (χ4v) is 6.79. The van der Waals surface area contributed by atoms with E-state index in [4.69, 9.17) is 37.4 Å². The van der Waals surface area contributed by atoms with Gasteiger partial charge in [0.1, 0.15) is 28.8 Å². The Hall–Kier alpha value is -3.96. The van der Waals surface area contributed by atoms with E-state index in [1.54, 1.807) is 26.5 Å². The van der Waals surface area contributed by atoms with Crippen LogP contribution in [0.4, 0.5) is 11.6 Å². The van der Waals surface area contributed by atoms with E-state index in [2.05, 4.69) is 49.5 Å². The maximum atomic E-state index is 13.5. The van der Waals surface area contributed by atoms with Crippen LogP contribution in [0.2, 0.25) is 10.2 Å². The van der Waals surface area contributed by atoms with Gasteiger partial charge in [0.2, 0.25) is 5.78 Å². The summed E-state index contributed by atoms with van der Waals surface area (Å²) in [6.45, 7) is 5.59. The van der Waals surface area contributed by atoms with Crippen molar-refractivity contribution in [1.29, 1.82) is 0 Å². The molecule has 12 heteroatoms. The maximum absolute atomic E-state index is 13.5. The number of nitrogens with one attached hydrogen (secondary N) is 2. The highest BCUT2D eigenvalue weighted by atomic mass is 35.5. The Labute approximate surface area is 284 Å². The molecule has 10 nitrogen and oxygen atoms in total. The second-order valence-corrected chi connectivity index (χ2v) is 12.7. The summed E-state index contributed by atoms with van der Waals surface area (Å²) in [5.41, 5.74) is 2.52. The van der Waals surface area contributed by atoms with Gasteiger partial charge in [0.15, 0.2) is 5.15 Å². The highest BCUT2D eigenvalue weighted by Crippen LogP contribution is 2.41. The fraction of sp³-hybridized carbons (Fsp3) is 0.371. The number of benzene rings is 2. The first kappa shape index (κ1) is 33.0. The highest BCUT2D eigenvalue weighted by molar-refractivity contribution is 6.38. The number of pyridine rings is 1. The molecule has 2 fully saturated rings. The van der Waals surface area contributed by atoms with Crippen LogP contribution < -0.4 is 25.0 Å². The van der Waals surface area contributed by atoms with Crippen molar-refractivity contribution >= 4 is 40.6 Å². The molecular formula is C35H38Cl2N6O4. The molecule has 47 heavy (non-hydrogen) atoms. The molecule has 0 saturated carbocycles. The zero-order chi connectivity index (χ0) is 33.0. The Morgan fingerprint density at radius 3 is 2.36 bits per heavy atom. The van der Waals surface area contributed by atoms with Crippen LogP contribution in [0.5, 0.6) is 11.5 Å². The van der Waals surface area contributed by atoms with Gasteiger partial charge >= 0.3 is 0 Å². The number of halogens is 2. The molecule has 2 atom stereocenters. The van der Waals surface area contributed by atoms with Crippen molar-refractivity contribution in [2.45, 2.75) is 38.4 Å². The molecule has 246 valence electrons. The van der Waals surface area contributed by atoms with Crippen molar-refractivity contribution in [2.75, 3.05) is 50.7 Å². The van der Waals surface area contributed by atoms with Gasteiger partial charge in [0.25, 0.3) is 0 Å². The van der Waals surface area contributed by atoms with Gasteiger partial charge in [-0.05, 0) is 61.2 Å². The SMILES string of the molecule is COc1ccc(CNc2nccc(C(=O)c3ncc(N4CCC5(CC4)COC[C@H]5N[C@H](C)c4ccc(OC)cc4)nc3Cl)c2Cl)cc1. The van der Waals surface area contributed by atoms with Gasteiger partial charge in [-0.15, -0.1) is 0 Å². The van der Waals surface area contributed by atoms with Crippen molar-refractivity contribution in [2.24, 2.45) is 5.41 Å². The number of carbonyl (C=O) groups is 1. The number of piperidine rings is 1. The van der Waals surface area contributed by atoms with E-state index < -0.39 is 5.78 Å². The van der Waals surface area contributed by atoms with Crippen LogP contribution in [0.1, 0.15) is 53.0 Å². The van der Waals surface area contributed by atoms with Gasteiger partial charge in [0.05, 0.1) is 38.7 Å². The number of aromatic nitrogens is 3. The first-order valence-corrected chi connectivity index (χ1v) is 16.4. The van der Waals surface area contributed by atoms with Crippen molar-refractivity contribution in [3.63, 3.8) is 0 Å². The predicted molar refractivity (Wildman–Crippen MR) is 183 cm³/mol. The zero-order valence-electron chi connectivity index (χ0n) is 26.6. The van der Waals surface area contributed by atoms with Crippen LogP contribution in [0, 0.1) is 5.41 Å². The van der Waals surface area contributed by atoms with Crippen molar-refractivity contribution in [1.82, 2.24) is 20.3 Å². The number of ether oxygens (including phenoxy) is 3. The number of ketones is 1. The molecule has 0 amide bonds. The fourth-order valence-electron chi connectivity index (χ4n) is 6.31. The number of methoxy groups -OCH3 is 2. The van der Waals surface area contributed by atoms with E-state index in [1.807, 2.05) is 36.4 Å². The Kier molecular flexibility index (Phi) is 10.1. The first-order valence-electron chi connectivity index (χ1n) is 15.6. The quantitative estimate of drug-likeness (QED) is 0.174. The lowest BCUT2D eigenvalue weighted by atomic mass is 9.74. The van der Waals surface area contributed by atoms with E-state index in [-0.39, 0.29) is 38.9 Å². The number of carbonyl (C=O) groups excluding carboxylic acids is 1. The maximum Gasteiger partial charge on any atom is 0.216 e. The Morgan fingerprint density at radius 1 is 1.02 bits per heavy atom. The summed E-state index contributed by atoms with van der Waals surface area (Å²) < 4.78 is 16.5. The number of hydrogen-bond acceptors (Lipinski definition) is 10. The van der Waals surface area contributed by atoms with E-state index in [1.165, 1.54) is 11.8 Å². The molecule has 2 aromatic carbocycles. The first-order chi connectivity index (χ1) is 22.8. The van der Waals surface area contributed by atoms with E-state index in [9.17, 15) is 4.79 Å². The molecule has 0 radical (unpaired) electrons. The molecule has 0 bridgehead atoms. The third kappa shape index (κ3) is 7.16. The molecule has 2 aliphatic heterocycles. The van der Waals surface area contributed by atoms with Gasteiger partial charge in [-0.1, -0.05) is 47.5 Å². The molecule has 6 rings (SSSR count). The molecule has 2 aromatic heterocycles. The monoisotopic (exact) mass is 676 g/mol. The van der Waals surface area contributed by atoms with Crippen LogP contribution in [-0.4, -0.2) is 67.3 Å². The van der Waals surface area contributed by atoms with Gasteiger partial charge < -0.3 is 29.7 Å². The molecular weight excluding hydrogens is 639 g/mol. The minimum atomic E-state index is -0.422. The topological polar surface area (TPSA) is 111 Å². The largest absolute Gasteiger partial charge is 0.497 e. The van der Waals surface area contributed by atoms with Crippen LogP contribution in [0.3, 0.4) is 0 Å². The molecule has 1 spiro atoms. The predicted octanol–water partition coefficient (Wildman–Crippen LogP) is 6.37. The normalized spacial score (nSPS) is 17.8. The molecule has 0 unspecified atom stereocenters. The molecule has 2 saturated heterocycles. The third-order valence-corrected chi connectivity index (χ3v) is 9.89. The van der Waals surface area contributed by atoms with Crippen molar-refractivity contribution in [3.8, 4) is 11.5 Å². The smallest absolute Gasteiger partial charge is 0.216 e. The third-order valence-electron chi connectivity index (χ3n) is 9.25. The average Bonchev–Trinajstić information content (AvgIpc) is 3.48. The Morgan fingerprint density at radius 2 is 1.70 bits per heavy atom. The summed E-state index contributed by atoms with van der Waals surface area (Å²) in [7, 11) is 3.30. The molecule has 4 heterocycles. The van der Waals surface area contributed by atoms with Gasteiger partial charge in [0, 0.05) is 48.9 Å². The number of anilines is 2. The highest BCUT2D eigenvalue weighted by Gasteiger charge is 2.46. The van der Waals surface area contributed by atoms with Crippen molar-refractivity contribution in [3.05, 3.63) is 99.6 Å². The van der Waals surface area contributed by atoms with Gasteiger partial charge in [-0.2, -0.15) is 0 Å². The minimum absolute atomic E-state index is 0.0293. The Balaban J connectivity index is 1.08. The van der Waals surface area contributed by atoms with E-state index >= 15 is 0 Å². The van der Waals surface area contributed by atoms with Gasteiger partial charge in [-0.3, -0.25) is 4.79 Å². The van der Waals surface area contributed by atoms with Crippen LogP contribution in [0.15, 0.2) is 67.0 Å². The molecule has 2 aliphatic rings. The van der Waals surface area contributed by atoms with E-state index in [0.29, 0.717) is 24.8 Å². The second-order valence-electron chi connectivity index (χ2n) is 12.0. The Bertz CT molecular complexity index is 1700. The molecule has 4 aromatic rings. The molecule has 0 aliphatic carbocycles. The van der Waals surface area contributed by atoms with Crippen LogP contribution >= 0.6 is 23.2 Å². The second kappa shape index (κ2) is 14.4. The lowest BCUT2D eigenvalue weighted by Crippen LogP contribution is -2.51. The number of hydrogen-bond donors (Lipinski definition) is 2. The summed E-state index contributed by atoms with van der Waals surface area (Å²) in [5.74, 6) is 2.22. The summed E-state index contributed by atoms with van der Waals surface area (Å²) in [4.78, 5) is 29.1. The van der Waals surface area contributed by atoms with Crippen molar-refractivity contribution < 1.29 is 19.0 Å².